The number of rotatable bonds is 10. The van der Waals surface area contributed by atoms with E-state index in [-0.39, 0.29) is 18.7 Å². The van der Waals surface area contributed by atoms with Gasteiger partial charge in [-0.25, -0.2) is 12.8 Å². The van der Waals surface area contributed by atoms with Crippen LogP contribution in [0.5, 0.6) is 0 Å². The number of carbonyl (C=O) groups excluding carboxylic acids is 2. The number of hydrogen-bond donors (Lipinski definition) is 1. The summed E-state index contributed by atoms with van der Waals surface area (Å²) in [7, 11) is -2.48. The van der Waals surface area contributed by atoms with Crippen LogP contribution in [0.3, 0.4) is 0 Å². The van der Waals surface area contributed by atoms with Gasteiger partial charge < -0.3 is 10.2 Å². The third kappa shape index (κ3) is 7.67. The fourth-order valence-corrected chi connectivity index (χ4v) is 5.09. The maximum Gasteiger partial charge on any atom is 0.244 e. The van der Waals surface area contributed by atoms with Crippen molar-refractivity contribution in [3.63, 3.8) is 0 Å². The minimum Gasteiger partial charge on any atom is -0.357 e. The standard InChI is InChI=1S/C26H26Cl2FN3O4S/c1-30-26(34)24(14-18-6-4-3-5-7-18)31(16-19-8-9-20(27)15-23(19)28)25(33)17-32(37(2,35)36)22-12-10-21(29)11-13-22/h3-13,15,24H,14,16-17H2,1-2H3,(H,30,34)/t24-/m1/s1. The molecule has 1 N–H and O–H groups in total. The van der Waals surface area contributed by atoms with Gasteiger partial charge in [0.2, 0.25) is 21.8 Å². The smallest absolute Gasteiger partial charge is 0.244 e. The van der Waals surface area contributed by atoms with E-state index in [0.717, 1.165) is 28.3 Å². The first-order chi connectivity index (χ1) is 17.5. The first-order valence-electron chi connectivity index (χ1n) is 11.2. The van der Waals surface area contributed by atoms with Gasteiger partial charge >= 0.3 is 0 Å². The lowest BCUT2D eigenvalue weighted by Gasteiger charge is -2.33. The van der Waals surface area contributed by atoms with Crippen LogP contribution >= 0.6 is 23.2 Å². The zero-order valence-corrected chi connectivity index (χ0v) is 22.5. The zero-order chi connectivity index (χ0) is 27.2. The van der Waals surface area contributed by atoms with Crippen LogP contribution in [0.25, 0.3) is 0 Å². The molecule has 37 heavy (non-hydrogen) atoms. The molecule has 2 amide bonds. The molecule has 3 rings (SSSR count). The van der Waals surface area contributed by atoms with Crippen molar-refractivity contribution in [2.45, 2.75) is 19.0 Å². The highest BCUT2D eigenvalue weighted by Crippen LogP contribution is 2.25. The van der Waals surface area contributed by atoms with E-state index in [4.69, 9.17) is 23.2 Å². The summed E-state index contributed by atoms with van der Waals surface area (Å²) in [6.45, 7) is -0.696. The number of carbonyl (C=O) groups is 2. The Morgan fingerprint density at radius 1 is 1.00 bits per heavy atom. The number of likely N-dealkylation sites (N-methyl/N-ethyl adjacent to an activating group) is 1. The molecule has 3 aromatic carbocycles. The molecule has 0 spiro atoms. The van der Waals surface area contributed by atoms with Gasteiger partial charge in [-0.05, 0) is 47.5 Å². The second kappa shape index (κ2) is 12.4. The molecule has 3 aromatic rings. The maximum atomic E-state index is 13.8. The summed E-state index contributed by atoms with van der Waals surface area (Å²) in [4.78, 5) is 28.1. The fourth-order valence-electron chi connectivity index (χ4n) is 3.78. The summed E-state index contributed by atoms with van der Waals surface area (Å²) < 4.78 is 39.6. The summed E-state index contributed by atoms with van der Waals surface area (Å²) in [5.74, 6) is -1.63. The van der Waals surface area contributed by atoms with Crippen LogP contribution in [0.1, 0.15) is 11.1 Å². The van der Waals surface area contributed by atoms with Gasteiger partial charge in [-0.1, -0.05) is 59.6 Å². The highest BCUT2D eigenvalue weighted by atomic mass is 35.5. The van der Waals surface area contributed by atoms with Gasteiger partial charge in [-0.2, -0.15) is 0 Å². The Morgan fingerprint density at radius 3 is 2.22 bits per heavy atom. The molecule has 0 aliphatic carbocycles. The molecular weight excluding hydrogens is 540 g/mol. The van der Waals surface area contributed by atoms with Crippen molar-refractivity contribution >= 4 is 50.7 Å². The molecule has 0 saturated carbocycles. The molecule has 0 aliphatic rings. The highest BCUT2D eigenvalue weighted by Gasteiger charge is 2.33. The third-order valence-corrected chi connectivity index (χ3v) is 7.39. The lowest BCUT2D eigenvalue weighted by molar-refractivity contribution is -0.139. The Morgan fingerprint density at radius 2 is 1.65 bits per heavy atom. The van der Waals surface area contributed by atoms with Crippen LogP contribution < -0.4 is 9.62 Å². The van der Waals surface area contributed by atoms with E-state index in [1.54, 1.807) is 12.1 Å². The van der Waals surface area contributed by atoms with E-state index >= 15 is 0 Å². The Kier molecular flexibility index (Phi) is 9.53. The molecule has 11 heteroatoms. The van der Waals surface area contributed by atoms with Crippen molar-refractivity contribution in [1.82, 2.24) is 10.2 Å². The topological polar surface area (TPSA) is 86.8 Å². The van der Waals surface area contributed by atoms with Crippen molar-refractivity contribution in [2.75, 3.05) is 24.2 Å². The number of nitrogens with one attached hydrogen (secondary N) is 1. The van der Waals surface area contributed by atoms with Crippen LogP contribution in [0.4, 0.5) is 10.1 Å². The first kappa shape index (κ1) is 28.4. The summed E-state index contributed by atoms with van der Waals surface area (Å²) in [5.41, 5.74) is 1.44. The lowest BCUT2D eigenvalue weighted by Crippen LogP contribution is -2.52. The summed E-state index contributed by atoms with van der Waals surface area (Å²) in [5, 5.41) is 3.28. The molecule has 0 heterocycles. The van der Waals surface area contributed by atoms with Gasteiger partial charge in [0.25, 0.3) is 0 Å². The second-order valence-electron chi connectivity index (χ2n) is 8.32. The van der Waals surface area contributed by atoms with Crippen LogP contribution in [-0.4, -0.2) is 51.0 Å². The second-order valence-corrected chi connectivity index (χ2v) is 11.1. The molecule has 7 nitrogen and oxygen atoms in total. The van der Waals surface area contributed by atoms with Gasteiger partial charge in [0.15, 0.2) is 0 Å². The molecule has 0 radical (unpaired) electrons. The Bertz CT molecular complexity index is 1360. The van der Waals surface area contributed by atoms with Gasteiger partial charge in [0.05, 0.1) is 11.9 Å². The molecular formula is C26H26Cl2FN3O4S. The number of amides is 2. The molecule has 0 bridgehead atoms. The molecule has 196 valence electrons. The van der Waals surface area contributed by atoms with Gasteiger partial charge in [-0.15, -0.1) is 0 Å². The van der Waals surface area contributed by atoms with Crippen LogP contribution in [-0.2, 0) is 32.6 Å². The SMILES string of the molecule is CNC(=O)[C@@H](Cc1ccccc1)N(Cc1ccc(Cl)cc1Cl)C(=O)CN(c1ccc(F)cc1)S(C)(=O)=O. The minimum atomic E-state index is -3.94. The fraction of sp³-hybridized carbons (Fsp3) is 0.231. The van der Waals surface area contributed by atoms with Crippen molar-refractivity contribution < 1.29 is 22.4 Å². The quantitative estimate of drug-likeness (QED) is 0.397. The lowest BCUT2D eigenvalue weighted by atomic mass is 10.0. The predicted octanol–water partition coefficient (Wildman–Crippen LogP) is 4.28. The number of anilines is 1. The van der Waals surface area contributed by atoms with Crippen molar-refractivity contribution in [3.8, 4) is 0 Å². The van der Waals surface area contributed by atoms with E-state index in [2.05, 4.69) is 5.32 Å². The van der Waals surface area contributed by atoms with E-state index < -0.39 is 40.2 Å². The predicted molar refractivity (Wildman–Crippen MR) is 144 cm³/mol. The van der Waals surface area contributed by atoms with Crippen LogP contribution in [0.15, 0.2) is 72.8 Å². The molecule has 0 fully saturated rings. The van der Waals surface area contributed by atoms with Gasteiger partial charge in [-0.3, -0.25) is 13.9 Å². The van der Waals surface area contributed by atoms with Crippen molar-refractivity contribution in [3.05, 3.63) is 99.8 Å². The third-order valence-electron chi connectivity index (χ3n) is 5.67. The largest absolute Gasteiger partial charge is 0.357 e. The average molecular weight is 566 g/mol. The normalized spacial score (nSPS) is 12.0. The summed E-state index contributed by atoms with van der Waals surface area (Å²) in [6, 6.07) is 17.7. The van der Waals surface area contributed by atoms with E-state index in [1.165, 1.54) is 30.1 Å². The Labute approximate surface area is 225 Å². The minimum absolute atomic E-state index is 0.0826. The highest BCUT2D eigenvalue weighted by molar-refractivity contribution is 7.92. The van der Waals surface area contributed by atoms with Crippen LogP contribution in [0, 0.1) is 5.82 Å². The van der Waals surface area contributed by atoms with E-state index in [1.807, 2.05) is 30.3 Å². The number of halogens is 3. The Balaban J connectivity index is 2.04. The van der Waals surface area contributed by atoms with Crippen molar-refractivity contribution in [1.29, 1.82) is 0 Å². The molecule has 0 saturated heterocycles. The average Bonchev–Trinajstić information content (AvgIpc) is 2.86. The van der Waals surface area contributed by atoms with E-state index in [0.29, 0.717) is 15.6 Å². The number of benzene rings is 3. The molecule has 0 aromatic heterocycles. The summed E-state index contributed by atoms with van der Waals surface area (Å²) in [6.07, 6.45) is 1.12. The van der Waals surface area contributed by atoms with Gasteiger partial charge in [0, 0.05) is 30.1 Å². The monoisotopic (exact) mass is 565 g/mol. The number of nitrogens with zero attached hydrogens (tertiary/aromatic N) is 2. The molecule has 0 unspecified atom stereocenters. The number of hydrogen-bond acceptors (Lipinski definition) is 4. The van der Waals surface area contributed by atoms with Crippen LogP contribution in [0.2, 0.25) is 10.0 Å². The Hall–Kier alpha value is -3.14. The van der Waals surface area contributed by atoms with E-state index in [9.17, 15) is 22.4 Å². The van der Waals surface area contributed by atoms with Gasteiger partial charge in [0.1, 0.15) is 18.4 Å². The zero-order valence-electron chi connectivity index (χ0n) is 20.2. The summed E-state index contributed by atoms with van der Waals surface area (Å²) >= 11 is 12.4. The maximum absolute atomic E-state index is 13.8. The molecule has 1 atom stereocenters. The van der Waals surface area contributed by atoms with Crippen molar-refractivity contribution in [2.24, 2.45) is 0 Å². The first-order valence-corrected chi connectivity index (χ1v) is 13.8. The molecule has 0 aliphatic heterocycles. The number of sulfonamides is 1.